The number of hydrogen-bond donors (Lipinski definition) is 2. The second kappa shape index (κ2) is 14.3. The summed E-state index contributed by atoms with van der Waals surface area (Å²) in [4.78, 5) is 12.4. The van der Waals surface area contributed by atoms with Crippen LogP contribution in [0.1, 0.15) is 55.1 Å². The van der Waals surface area contributed by atoms with Crippen LogP contribution in [0.25, 0.3) is 0 Å². The highest BCUT2D eigenvalue weighted by Crippen LogP contribution is 2.31. The molecule has 194 valence electrons. The van der Waals surface area contributed by atoms with E-state index in [0.717, 1.165) is 24.1 Å². The summed E-state index contributed by atoms with van der Waals surface area (Å²) in [7, 11) is -2.49. The van der Waals surface area contributed by atoms with E-state index < -0.39 is 38.7 Å². The predicted molar refractivity (Wildman–Crippen MR) is 134 cm³/mol. The molecule has 35 heavy (non-hydrogen) atoms. The Balaban J connectivity index is 2.30. The molecule has 6 nitrogen and oxygen atoms in total. The number of hydrogen-bond acceptors (Lipinski definition) is 5. The Morgan fingerprint density at radius 3 is 2.37 bits per heavy atom. The molecular formula is C26H36F2N2O4S. The van der Waals surface area contributed by atoms with Gasteiger partial charge in [-0.1, -0.05) is 44.5 Å². The molecule has 0 saturated heterocycles. The van der Waals surface area contributed by atoms with Gasteiger partial charge in [0.25, 0.3) is 0 Å². The standard InChI is InChI=1S/C26H36F2N2O4S/c1-4-6-12-35(32,33)26(21-14-22(27)16-23(28)15-21)24(30-25(31)18-34-3)10-11-29-17-20-9-7-8-19(5-2)13-20/h7-9,13-16,24,26,29H,4-6,10-12,17-18H2,1-3H3,(H,30,31)/t24-,26?/m0/s1. The maximum absolute atomic E-state index is 14.1. The van der Waals surface area contributed by atoms with Gasteiger partial charge in [0.2, 0.25) is 5.91 Å². The average molecular weight is 511 g/mol. The van der Waals surface area contributed by atoms with Gasteiger partial charge in [-0.2, -0.15) is 0 Å². The lowest BCUT2D eigenvalue weighted by Gasteiger charge is -2.29. The van der Waals surface area contributed by atoms with Crippen molar-refractivity contribution in [1.82, 2.24) is 10.6 Å². The molecule has 1 amide bonds. The SMILES string of the molecule is CCCCS(=O)(=O)C(c1cc(F)cc(F)c1)[C@H](CCNCc1cccc(CC)c1)NC(=O)COC. The van der Waals surface area contributed by atoms with Crippen LogP contribution in [0.5, 0.6) is 0 Å². The minimum Gasteiger partial charge on any atom is -0.375 e. The van der Waals surface area contributed by atoms with E-state index in [1.165, 1.54) is 12.7 Å². The molecule has 0 aliphatic carbocycles. The molecule has 2 atom stereocenters. The summed E-state index contributed by atoms with van der Waals surface area (Å²) in [5.74, 6) is -2.39. The number of benzene rings is 2. The normalized spacial score (nSPS) is 13.4. The quantitative estimate of drug-likeness (QED) is 0.353. The van der Waals surface area contributed by atoms with Crippen molar-refractivity contribution < 1.29 is 26.7 Å². The summed E-state index contributed by atoms with van der Waals surface area (Å²) in [6, 6.07) is 9.97. The van der Waals surface area contributed by atoms with Crippen LogP contribution in [0.2, 0.25) is 0 Å². The van der Waals surface area contributed by atoms with Gasteiger partial charge in [0.1, 0.15) is 23.5 Å². The lowest BCUT2D eigenvalue weighted by Crippen LogP contribution is -2.45. The van der Waals surface area contributed by atoms with E-state index >= 15 is 0 Å². The zero-order valence-corrected chi connectivity index (χ0v) is 21.5. The maximum atomic E-state index is 14.1. The van der Waals surface area contributed by atoms with Crippen LogP contribution in [0.15, 0.2) is 42.5 Å². The number of methoxy groups -OCH3 is 1. The number of carbonyl (C=O) groups is 1. The monoisotopic (exact) mass is 510 g/mol. The second-order valence-corrected chi connectivity index (χ2v) is 10.8. The molecule has 2 N–H and O–H groups in total. The number of rotatable bonds is 15. The van der Waals surface area contributed by atoms with E-state index in [2.05, 4.69) is 29.7 Å². The van der Waals surface area contributed by atoms with Crippen LogP contribution in [-0.2, 0) is 32.3 Å². The highest BCUT2D eigenvalue weighted by molar-refractivity contribution is 7.91. The Morgan fingerprint density at radius 2 is 1.74 bits per heavy atom. The van der Waals surface area contributed by atoms with Crippen molar-refractivity contribution in [3.63, 3.8) is 0 Å². The van der Waals surface area contributed by atoms with E-state index in [-0.39, 0.29) is 24.3 Å². The van der Waals surface area contributed by atoms with Crippen LogP contribution in [-0.4, -0.2) is 46.4 Å². The fourth-order valence-corrected chi connectivity index (χ4v) is 6.23. The lowest BCUT2D eigenvalue weighted by atomic mass is 10.0. The van der Waals surface area contributed by atoms with E-state index in [0.29, 0.717) is 32.0 Å². The van der Waals surface area contributed by atoms with Crippen LogP contribution < -0.4 is 10.6 Å². The first-order chi connectivity index (χ1) is 16.7. The zero-order chi connectivity index (χ0) is 25.8. The summed E-state index contributed by atoms with van der Waals surface area (Å²) in [6.07, 6.45) is 2.20. The average Bonchev–Trinajstić information content (AvgIpc) is 2.80. The minimum atomic E-state index is -3.85. The molecule has 9 heteroatoms. The Hall–Kier alpha value is -2.36. The van der Waals surface area contributed by atoms with Gasteiger partial charge in [-0.25, -0.2) is 17.2 Å². The molecule has 0 radical (unpaired) electrons. The summed E-state index contributed by atoms with van der Waals surface area (Å²) < 4.78 is 59.8. The Kier molecular flexibility index (Phi) is 11.8. The van der Waals surface area contributed by atoms with Crippen molar-refractivity contribution in [1.29, 1.82) is 0 Å². The molecule has 2 aromatic carbocycles. The minimum absolute atomic E-state index is 0.0167. The molecule has 0 saturated carbocycles. The Bertz CT molecular complexity index is 1040. The summed E-state index contributed by atoms with van der Waals surface area (Å²) in [5, 5.41) is 4.71. The molecule has 2 aromatic rings. The van der Waals surface area contributed by atoms with Crippen molar-refractivity contribution >= 4 is 15.7 Å². The molecule has 0 aliphatic heterocycles. The van der Waals surface area contributed by atoms with Gasteiger partial charge in [0, 0.05) is 19.7 Å². The topological polar surface area (TPSA) is 84.5 Å². The smallest absolute Gasteiger partial charge is 0.246 e. The molecule has 0 aliphatic rings. The van der Waals surface area contributed by atoms with Crippen LogP contribution >= 0.6 is 0 Å². The number of unbranched alkanes of at least 4 members (excludes halogenated alkanes) is 1. The van der Waals surface area contributed by atoms with Crippen molar-refractivity contribution in [3.8, 4) is 0 Å². The number of nitrogens with one attached hydrogen (secondary N) is 2. The molecule has 0 fully saturated rings. The van der Waals surface area contributed by atoms with Gasteiger partial charge < -0.3 is 15.4 Å². The van der Waals surface area contributed by atoms with Crippen molar-refractivity contribution in [2.45, 2.75) is 57.4 Å². The van der Waals surface area contributed by atoms with E-state index in [1.54, 1.807) is 0 Å². The lowest BCUT2D eigenvalue weighted by molar-refractivity contribution is -0.125. The van der Waals surface area contributed by atoms with Gasteiger partial charge in [0.15, 0.2) is 9.84 Å². The molecule has 0 spiro atoms. The first-order valence-electron chi connectivity index (χ1n) is 11.9. The third-order valence-electron chi connectivity index (χ3n) is 5.73. The first-order valence-corrected chi connectivity index (χ1v) is 13.7. The van der Waals surface area contributed by atoms with E-state index in [4.69, 9.17) is 4.74 Å². The molecule has 0 aromatic heterocycles. The fraction of sp³-hybridized carbons (Fsp3) is 0.500. The van der Waals surface area contributed by atoms with Crippen molar-refractivity contribution in [2.24, 2.45) is 0 Å². The zero-order valence-electron chi connectivity index (χ0n) is 20.7. The molecular weight excluding hydrogens is 474 g/mol. The van der Waals surface area contributed by atoms with Gasteiger partial charge >= 0.3 is 0 Å². The molecule has 2 rings (SSSR count). The van der Waals surface area contributed by atoms with Gasteiger partial charge in [-0.3, -0.25) is 4.79 Å². The van der Waals surface area contributed by atoms with E-state index in [9.17, 15) is 22.0 Å². The highest BCUT2D eigenvalue weighted by Gasteiger charge is 2.36. The van der Waals surface area contributed by atoms with Gasteiger partial charge in [0.05, 0.1) is 11.8 Å². The maximum Gasteiger partial charge on any atom is 0.246 e. The largest absolute Gasteiger partial charge is 0.375 e. The summed E-state index contributed by atoms with van der Waals surface area (Å²) in [6.45, 7) is 4.63. The van der Waals surface area contributed by atoms with Crippen molar-refractivity contribution in [2.75, 3.05) is 26.0 Å². The number of aryl methyl sites for hydroxylation is 1. The molecule has 1 unspecified atom stereocenters. The van der Waals surface area contributed by atoms with Crippen LogP contribution in [0.4, 0.5) is 8.78 Å². The summed E-state index contributed by atoms with van der Waals surface area (Å²) >= 11 is 0. The first kappa shape index (κ1) is 28.9. The van der Waals surface area contributed by atoms with Crippen LogP contribution in [0, 0.1) is 11.6 Å². The molecule has 0 heterocycles. The number of carbonyl (C=O) groups excluding carboxylic acids is 1. The molecule has 0 bridgehead atoms. The van der Waals surface area contributed by atoms with Gasteiger partial charge in [-0.05, 0) is 54.6 Å². The number of amides is 1. The predicted octanol–water partition coefficient (Wildman–Crippen LogP) is 4.09. The third kappa shape index (κ3) is 9.31. The van der Waals surface area contributed by atoms with Gasteiger partial charge in [-0.15, -0.1) is 0 Å². The Labute approximate surface area is 207 Å². The number of sulfone groups is 1. The van der Waals surface area contributed by atoms with Crippen LogP contribution in [0.3, 0.4) is 0 Å². The van der Waals surface area contributed by atoms with Crippen molar-refractivity contribution in [3.05, 3.63) is 70.8 Å². The number of ether oxygens (including phenoxy) is 1. The van der Waals surface area contributed by atoms with E-state index in [1.807, 2.05) is 19.1 Å². The second-order valence-electron chi connectivity index (χ2n) is 8.59. The summed E-state index contributed by atoms with van der Waals surface area (Å²) in [5.41, 5.74) is 2.28. The number of halogens is 2. The fourth-order valence-electron chi connectivity index (χ4n) is 4.03. The Morgan fingerprint density at radius 1 is 1.06 bits per heavy atom. The highest BCUT2D eigenvalue weighted by atomic mass is 32.2. The third-order valence-corrected chi connectivity index (χ3v) is 7.96.